The number of anilines is 2. The molecule has 0 unspecified atom stereocenters. The summed E-state index contributed by atoms with van der Waals surface area (Å²) in [7, 11) is 0. The maximum absolute atomic E-state index is 12.1. The van der Waals surface area contributed by atoms with Crippen LogP contribution < -0.4 is 10.6 Å². The Labute approximate surface area is 139 Å². The van der Waals surface area contributed by atoms with Gasteiger partial charge in [0.15, 0.2) is 0 Å². The smallest absolute Gasteiger partial charge is 0.226 e. The number of carbonyl (C=O) groups is 1. The average molecular weight is 310 g/mol. The molecule has 2 aromatic rings. The molecule has 0 aliphatic heterocycles. The summed E-state index contributed by atoms with van der Waals surface area (Å²) in [5.41, 5.74) is 7.97. The third kappa shape index (κ3) is 4.59. The van der Waals surface area contributed by atoms with Crippen LogP contribution in [0.4, 0.5) is 11.4 Å². The molecule has 2 aromatic carbocycles. The third-order valence-electron chi connectivity index (χ3n) is 4.00. The van der Waals surface area contributed by atoms with E-state index < -0.39 is 0 Å². The van der Waals surface area contributed by atoms with Gasteiger partial charge in [0.2, 0.25) is 5.91 Å². The molecule has 0 saturated carbocycles. The first-order chi connectivity index (χ1) is 10.9. The minimum absolute atomic E-state index is 0.0358. The second-order valence-corrected chi connectivity index (χ2v) is 6.32. The van der Waals surface area contributed by atoms with E-state index in [4.69, 9.17) is 0 Å². The van der Waals surface area contributed by atoms with Crippen molar-refractivity contribution >= 4 is 17.3 Å². The Kier molecular flexibility index (Phi) is 5.43. The number of rotatable bonds is 5. The average Bonchev–Trinajstić information content (AvgIpc) is 2.45. The van der Waals surface area contributed by atoms with Crippen LogP contribution in [0.25, 0.3) is 0 Å². The summed E-state index contributed by atoms with van der Waals surface area (Å²) in [6.07, 6.45) is 0.445. The van der Waals surface area contributed by atoms with Crippen molar-refractivity contribution < 1.29 is 4.79 Å². The van der Waals surface area contributed by atoms with Crippen LogP contribution in [0.1, 0.15) is 34.2 Å². The van der Waals surface area contributed by atoms with E-state index >= 15 is 0 Å². The Balaban J connectivity index is 1.92. The maximum atomic E-state index is 12.1. The van der Waals surface area contributed by atoms with E-state index in [-0.39, 0.29) is 5.91 Å². The minimum atomic E-state index is 0.0358. The fourth-order valence-corrected chi connectivity index (χ4v) is 2.84. The van der Waals surface area contributed by atoms with Gasteiger partial charge in [-0.05, 0) is 62.9 Å². The molecule has 0 bridgehead atoms. The molecule has 2 N–H and O–H groups in total. The SMILES string of the molecule is Cc1cc(C)c(NCCC(=O)Nc2cc(C)ccc2C)c(C)c1. The largest absolute Gasteiger partial charge is 0.384 e. The molecule has 3 nitrogen and oxygen atoms in total. The molecule has 23 heavy (non-hydrogen) atoms. The fourth-order valence-electron chi connectivity index (χ4n) is 2.84. The predicted octanol–water partition coefficient (Wildman–Crippen LogP) is 4.67. The van der Waals surface area contributed by atoms with E-state index in [1.54, 1.807) is 0 Å². The molecule has 0 spiro atoms. The summed E-state index contributed by atoms with van der Waals surface area (Å²) >= 11 is 0. The van der Waals surface area contributed by atoms with Crippen LogP contribution in [-0.4, -0.2) is 12.5 Å². The van der Waals surface area contributed by atoms with E-state index in [0.717, 1.165) is 22.5 Å². The molecule has 0 atom stereocenters. The molecule has 0 heterocycles. The van der Waals surface area contributed by atoms with Gasteiger partial charge in [-0.2, -0.15) is 0 Å². The second-order valence-electron chi connectivity index (χ2n) is 6.32. The van der Waals surface area contributed by atoms with E-state index in [1.807, 2.05) is 26.0 Å². The van der Waals surface area contributed by atoms with Gasteiger partial charge >= 0.3 is 0 Å². The number of aryl methyl sites for hydroxylation is 5. The van der Waals surface area contributed by atoms with Gasteiger partial charge in [-0.25, -0.2) is 0 Å². The van der Waals surface area contributed by atoms with Crippen LogP contribution in [0, 0.1) is 34.6 Å². The number of nitrogens with one attached hydrogen (secondary N) is 2. The van der Waals surface area contributed by atoms with Gasteiger partial charge in [0, 0.05) is 24.3 Å². The molecule has 0 radical (unpaired) electrons. The summed E-state index contributed by atoms with van der Waals surface area (Å²) < 4.78 is 0. The Morgan fingerprint density at radius 3 is 2.17 bits per heavy atom. The number of benzene rings is 2. The van der Waals surface area contributed by atoms with Crippen molar-refractivity contribution in [1.82, 2.24) is 0 Å². The Hall–Kier alpha value is -2.29. The van der Waals surface area contributed by atoms with Crippen LogP contribution >= 0.6 is 0 Å². The lowest BCUT2D eigenvalue weighted by Crippen LogP contribution is -2.17. The van der Waals surface area contributed by atoms with Gasteiger partial charge in [0.25, 0.3) is 0 Å². The highest BCUT2D eigenvalue weighted by Gasteiger charge is 2.07. The molecule has 2 rings (SSSR count). The number of carbonyl (C=O) groups excluding carboxylic acids is 1. The van der Waals surface area contributed by atoms with E-state index in [2.05, 4.69) is 49.6 Å². The lowest BCUT2D eigenvalue weighted by molar-refractivity contribution is -0.115. The van der Waals surface area contributed by atoms with Gasteiger partial charge in [-0.15, -0.1) is 0 Å². The van der Waals surface area contributed by atoms with Crippen LogP contribution in [0.2, 0.25) is 0 Å². The first-order valence-electron chi connectivity index (χ1n) is 8.05. The highest BCUT2D eigenvalue weighted by Crippen LogP contribution is 2.22. The molecule has 3 heteroatoms. The van der Waals surface area contributed by atoms with Crippen molar-refractivity contribution in [2.45, 2.75) is 41.0 Å². The topological polar surface area (TPSA) is 41.1 Å². The standard InChI is InChI=1S/C20H26N2O/c1-13-6-7-15(3)18(12-13)22-19(23)8-9-21-20-16(4)10-14(2)11-17(20)5/h6-7,10-12,21H,8-9H2,1-5H3,(H,22,23). The number of hydrogen-bond donors (Lipinski definition) is 2. The lowest BCUT2D eigenvalue weighted by atomic mass is 10.1. The van der Waals surface area contributed by atoms with Crippen LogP contribution in [0.5, 0.6) is 0 Å². The zero-order valence-corrected chi connectivity index (χ0v) is 14.7. The molecule has 0 fully saturated rings. The summed E-state index contributed by atoms with van der Waals surface area (Å²) in [6, 6.07) is 10.4. The maximum Gasteiger partial charge on any atom is 0.226 e. The third-order valence-corrected chi connectivity index (χ3v) is 4.00. The Morgan fingerprint density at radius 2 is 1.52 bits per heavy atom. The normalized spacial score (nSPS) is 10.5. The van der Waals surface area contributed by atoms with Gasteiger partial charge in [0.05, 0.1) is 0 Å². The Morgan fingerprint density at radius 1 is 0.870 bits per heavy atom. The second kappa shape index (κ2) is 7.32. The molecule has 1 amide bonds. The van der Waals surface area contributed by atoms with Gasteiger partial charge < -0.3 is 10.6 Å². The first kappa shape index (κ1) is 17.1. The van der Waals surface area contributed by atoms with Crippen LogP contribution in [-0.2, 0) is 4.79 Å². The van der Waals surface area contributed by atoms with Crippen LogP contribution in [0.3, 0.4) is 0 Å². The van der Waals surface area contributed by atoms with Gasteiger partial charge in [-0.3, -0.25) is 4.79 Å². The highest BCUT2D eigenvalue weighted by molar-refractivity contribution is 5.91. The zero-order chi connectivity index (χ0) is 17.0. The summed E-state index contributed by atoms with van der Waals surface area (Å²) in [6.45, 7) is 11.0. The fraction of sp³-hybridized carbons (Fsp3) is 0.350. The quantitative estimate of drug-likeness (QED) is 0.842. The molecule has 0 saturated heterocycles. The zero-order valence-electron chi connectivity index (χ0n) is 14.7. The molecular formula is C20H26N2O. The lowest BCUT2D eigenvalue weighted by Gasteiger charge is -2.14. The highest BCUT2D eigenvalue weighted by atomic mass is 16.1. The van der Waals surface area contributed by atoms with Gasteiger partial charge in [0.1, 0.15) is 0 Å². The summed E-state index contributed by atoms with van der Waals surface area (Å²) in [4.78, 5) is 12.1. The summed E-state index contributed by atoms with van der Waals surface area (Å²) in [5.74, 6) is 0.0358. The predicted molar refractivity (Wildman–Crippen MR) is 98.3 cm³/mol. The van der Waals surface area contributed by atoms with Crippen molar-refractivity contribution in [3.05, 3.63) is 58.1 Å². The molecule has 122 valence electrons. The number of amides is 1. The van der Waals surface area contributed by atoms with E-state index in [9.17, 15) is 4.79 Å². The van der Waals surface area contributed by atoms with Crippen LogP contribution in [0.15, 0.2) is 30.3 Å². The molecule has 0 aliphatic rings. The minimum Gasteiger partial charge on any atom is -0.384 e. The van der Waals surface area contributed by atoms with Crippen molar-refractivity contribution in [3.63, 3.8) is 0 Å². The summed E-state index contributed by atoms with van der Waals surface area (Å²) in [5, 5.41) is 6.39. The first-order valence-corrected chi connectivity index (χ1v) is 8.05. The van der Waals surface area contributed by atoms with Crippen molar-refractivity contribution in [3.8, 4) is 0 Å². The van der Waals surface area contributed by atoms with Crippen molar-refractivity contribution in [1.29, 1.82) is 0 Å². The van der Waals surface area contributed by atoms with E-state index in [0.29, 0.717) is 13.0 Å². The van der Waals surface area contributed by atoms with Gasteiger partial charge in [-0.1, -0.05) is 29.8 Å². The monoisotopic (exact) mass is 310 g/mol. The van der Waals surface area contributed by atoms with Crippen molar-refractivity contribution in [2.24, 2.45) is 0 Å². The molecule has 0 aliphatic carbocycles. The van der Waals surface area contributed by atoms with Crippen molar-refractivity contribution in [2.75, 3.05) is 17.2 Å². The Bertz CT molecular complexity index is 697. The number of hydrogen-bond acceptors (Lipinski definition) is 2. The molecular weight excluding hydrogens is 284 g/mol. The van der Waals surface area contributed by atoms with E-state index in [1.165, 1.54) is 16.7 Å². The molecule has 0 aromatic heterocycles.